The maximum absolute atomic E-state index is 11.8. The zero-order valence-corrected chi connectivity index (χ0v) is 40.3. The Hall–Kier alpha value is -10.3. The lowest BCUT2D eigenvalue weighted by molar-refractivity contribution is 0.482. The van der Waals surface area contributed by atoms with Gasteiger partial charge in [0.1, 0.15) is 16.9 Å². The lowest BCUT2D eigenvalue weighted by atomic mass is 9.84. The van der Waals surface area contributed by atoms with Crippen LogP contribution in [0.1, 0.15) is 38.4 Å². The number of hydrogen-bond donors (Lipinski definition) is 1. The van der Waals surface area contributed by atoms with Gasteiger partial charge in [0.15, 0.2) is 0 Å². The Morgan fingerprint density at radius 2 is 0.833 bits per heavy atom. The first-order chi connectivity index (χ1) is 50.3. The van der Waals surface area contributed by atoms with Crippen LogP contribution in [0.25, 0.3) is 153 Å². The maximum Gasteiger partial charge on any atom is 0.136 e. The molecule has 1 N–H and O–H groups in total. The molecule has 0 amide bonds. The largest absolute Gasteiger partial charge is 0.507 e. The third kappa shape index (κ3) is 7.41. The summed E-state index contributed by atoms with van der Waals surface area (Å²) < 4.78 is 252. The van der Waals surface area contributed by atoms with Gasteiger partial charge in [-0.25, -0.2) is 0 Å². The second kappa shape index (κ2) is 18.5. The zero-order valence-electron chi connectivity index (χ0n) is 68.3. The predicted molar refractivity (Wildman–Crippen MR) is 332 cm³/mol. The van der Waals surface area contributed by atoms with E-state index in [4.69, 9.17) is 33.2 Å². The molecule has 0 aliphatic heterocycles. The van der Waals surface area contributed by atoms with Crippen LogP contribution >= 0.6 is 0 Å². The van der Waals surface area contributed by atoms with Gasteiger partial charge >= 0.3 is 0 Å². The minimum Gasteiger partial charge on any atom is -0.507 e. The third-order valence-electron chi connectivity index (χ3n) is 14.0. The van der Waals surface area contributed by atoms with Crippen molar-refractivity contribution in [1.82, 2.24) is 0 Å². The standard InChI is InChI=1S/C40H26.C36H22O2/c1-2-12-31-26-32(25-22-27(31)10-1)28-20-23-30(24-21-28)39-35-15-5-7-17-37(35)40(38-18-8-6-16-36(38)39)34-19-9-13-29-11-3-4-14-33(29)34;37-30-18-8-16-28-34(26-15-7-6-14-25(26)33(36(28)30)22-10-2-1-3-11-22)27-17-9-19-31-35(27)29-20-23-12-4-5-13-24(23)21-32(29)38-31/h1-26H;1-21,37H/i5D,6D,7D,8D,15D,16D,17D,18D;1D,2D,3D,4D,5D,6D,7D,8D,9D,10D,11D,12D,13D,14D,15D,16D,17D,18D,19D,21D. The predicted octanol–water partition coefficient (Wildman–Crippen LogP) is 21.4. The smallest absolute Gasteiger partial charge is 0.136 e. The minimum absolute atomic E-state index is 0.162. The molecule has 0 fully saturated rings. The van der Waals surface area contributed by atoms with E-state index in [-0.39, 0.29) is 72.8 Å². The van der Waals surface area contributed by atoms with E-state index in [0.717, 1.165) is 32.7 Å². The molecule has 0 spiro atoms. The molecule has 0 aliphatic carbocycles. The van der Waals surface area contributed by atoms with Crippen LogP contribution in [-0.4, -0.2) is 5.11 Å². The van der Waals surface area contributed by atoms with Crippen molar-refractivity contribution in [3.63, 3.8) is 0 Å². The Balaban J connectivity index is 0.000000173. The van der Waals surface area contributed by atoms with Gasteiger partial charge in [-0.05, 0) is 150 Å². The van der Waals surface area contributed by atoms with Crippen molar-refractivity contribution < 1.29 is 47.9 Å². The number of phenols is 1. The number of aromatic hydroxyl groups is 1. The van der Waals surface area contributed by atoms with Crippen molar-refractivity contribution in [2.24, 2.45) is 0 Å². The molecule has 16 aromatic rings. The highest BCUT2D eigenvalue weighted by atomic mass is 16.3. The molecule has 0 aliphatic rings. The van der Waals surface area contributed by atoms with Crippen LogP contribution in [0.5, 0.6) is 5.75 Å². The monoisotopic (exact) mass is 1020 g/mol. The van der Waals surface area contributed by atoms with Gasteiger partial charge in [0.25, 0.3) is 0 Å². The van der Waals surface area contributed by atoms with Gasteiger partial charge in [-0.1, -0.05) is 254 Å². The van der Waals surface area contributed by atoms with Crippen molar-refractivity contribution in [2.75, 3.05) is 0 Å². The fourth-order valence-electron chi connectivity index (χ4n) is 10.7. The average Bonchev–Trinajstić information content (AvgIpc) is 1.61. The topological polar surface area (TPSA) is 33.4 Å². The van der Waals surface area contributed by atoms with Crippen LogP contribution in [0.2, 0.25) is 0 Å². The SMILES string of the molecule is [2H]c1c([2H])c([2H])c(-c2c3c([2H])c([2H])c([2H])c([2H])c3c(-c3c([2H])c([2H])c([2H])c4oc5c([2H])c6c([2H])c([2H])c([2H])c([2H])c6cc5c34)c3c([2H])c([2H])c([2H])c(O)c23)c([2H])c1[2H].[2H]c1c([2H])c([2H])c2c(-c3cccc4ccccc34)c3c([2H])c([2H])c([2H])c([2H])c3c(-c3ccc(-c4ccc5ccccc5c4)cc3)c2c1[2H]. The Labute approximate surface area is 490 Å². The lowest BCUT2D eigenvalue weighted by Crippen LogP contribution is -1.91. The molecule has 0 saturated carbocycles. The summed E-state index contributed by atoms with van der Waals surface area (Å²) in [6, 6.07) is 17.6. The number of furan rings is 1. The molecule has 364 valence electrons. The molecule has 1 heterocycles. The summed E-state index contributed by atoms with van der Waals surface area (Å²) in [5.41, 5.74) is 0.599. The second-order valence-corrected chi connectivity index (χ2v) is 18.2. The fourth-order valence-corrected chi connectivity index (χ4v) is 10.7. The van der Waals surface area contributed by atoms with Gasteiger partial charge in [0.2, 0.25) is 0 Å². The molecule has 16 rings (SSSR count). The van der Waals surface area contributed by atoms with Crippen molar-refractivity contribution in [3.05, 3.63) is 284 Å². The highest BCUT2D eigenvalue weighted by molar-refractivity contribution is 6.28. The van der Waals surface area contributed by atoms with Crippen molar-refractivity contribution in [3.8, 4) is 61.4 Å². The summed E-state index contributed by atoms with van der Waals surface area (Å²) in [5.74, 6) is -1.10. The number of fused-ring (bicyclic) bond motifs is 10. The summed E-state index contributed by atoms with van der Waals surface area (Å²) in [5, 5.41) is 13.2. The first-order valence-corrected chi connectivity index (χ1v) is 24.4. The van der Waals surface area contributed by atoms with E-state index in [1.54, 1.807) is 0 Å². The number of hydrogen-bond acceptors (Lipinski definition) is 2. The quantitative estimate of drug-likeness (QED) is 0.174. The summed E-state index contributed by atoms with van der Waals surface area (Å²) >= 11 is 0. The van der Waals surface area contributed by atoms with Crippen molar-refractivity contribution >= 4 is 97.3 Å². The maximum atomic E-state index is 11.8. The van der Waals surface area contributed by atoms with Gasteiger partial charge in [0.05, 0.1) is 38.4 Å². The van der Waals surface area contributed by atoms with Gasteiger partial charge in [0, 0.05) is 21.7 Å². The highest BCUT2D eigenvalue weighted by Gasteiger charge is 2.23. The molecule has 0 unspecified atom stereocenters. The lowest BCUT2D eigenvalue weighted by Gasteiger charge is -2.19. The summed E-state index contributed by atoms with van der Waals surface area (Å²) in [4.78, 5) is 0. The minimum atomic E-state index is -1.10. The number of benzene rings is 15. The van der Waals surface area contributed by atoms with E-state index in [1.807, 2.05) is 84.9 Å². The summed E-state index contributed by atoms with van der Waals surface area (Å²) in [6.07, 6.45) is 0. The average molecular weight is 1020 g/mol. The molecule has 0 atom stereocenters. The van der Waals surface area contributed by atoms with Crippen LogP contribution in [0.15, 0.2) is 289 Å². The number of rotatable bonds is 5. The van der Waals surface area contributed by atoms with Crippen LogP contribution in [0, 0.1) is 0 Å². The van der Waals surface area contributed by atoms with Crippen LogP contribution < -0.4 is 0 Å². The normalized spacial score (nSPS) is 16.7. The van der Waals surface area contributed by atoms with Crippen LogP contribution in [-0.2, 0) is 0 Å². The van der Waals surface area contributed by atoms with Crippen LogP contribution in [0.3, 0.4) is 0 Å². The van der Waals surface area contributed by atoms with E-state index in [2.05, 4.69) is 24.3 Å². The Morgan fingerprint density at radius 3 is 1.56 bits per heavy atom. The van der Waals surface area contributed by atoms with Gasteiger partial charge in [-0.3, -0.25) is 0 Å². The van der Waals surface area contributed by atoms with E-state index in [0.29, 0.717) is 22.3 Å². The fraction of sp³-hybridized carbons (Fsp3) is 0. The molecule has 2 nitrogen and oxygen atoms in total. The molecular weight excluding hydrogens is 945 g/mol. The first-order valence-electron chi connectivity index (χ1n) is 38.4. The molecular formula is C76H48O2. The van der Waals surface area contributed by atoms with E-state index < -0.39 is 200 Å². The Kier molecular flexibility index (Phi) is 5.95. The molecule has 2 heteroatoms. The van der Waals surface area contributed by atoms with Gasteiger partial charge in [-0.15, -0.1) is 0 Å². The Morgan fingerprint density at radius 1 is 0.282 bits per heavy atom. The van der Waals surface area contributed by atoms with E-state index >= 15 is 0 Å². The second-order valence-electron chi connectivity index (χ2n) is 18.2. The molecule has 0 bridgehead atoms. The molecule has 15 aromatic carbocycles. The molecule has 1 aromatic heterocycles. The zero-order chi connectivity index (χ0) is 76.1. The molecule has 0 saturated heterocycles. The van der Waals surface area contributed by atoms with Gasteiger partial charge < -0.3 is 9.52 Å². The third-order valence-corrected chi connectivity index (χ3v) is 14.0. The number of phenolic OH excluding ortho intramolecular Hbond substituents is 1. The highest BCUT2D eigenvalue weighted by Crippen LogP contribution is 2.50. The van der Waals surface area contributed by atoms with Gasteiger partial charge in [-0.2, -0.15) is 0 Å². The van der Waals surface area contributed by atoms with E-state index in [9.17, 15) is 14.7 Å². The summed E-state index contributed by atoms with van der Waals surface area (Å²) in [7, 11) is 0. The van der Waals surface area contributed by atoms with Crippen molar-refractivity contribution in [2.45, 2.75) is 0 Å². The van der Waals surface area contributed by atoms with Crippen molar-refractivity contribution in [1.29, 1.82) is 0 Å². The summed E-state index contributed by atoms with van der Waals surface area (Å²) in [6.45, 7) is 0. The molecule has 0 radical (unpaired) electrons. The Bertz CT molecular complexity index is 6550. The molecule has 78 heavy (non-hydrogen) atoms. The first kappa shape index (κ1) is 25.0. The van der Waals surface area contributed by atoms with Crippen LogP contribution in [0.4, 0.5) is 0 Å². The van der Waals surface area contributed by atoms with E-state index in [1.165, 1.54) is 6.07 Å².